The van der Waals surface area contributed by atoms with Crippen LogP contribution in [-0.4, -0.2) is 11.6 Å². The van der Waals surface area contributed by atoms with E-state index in [0.29, 0.717) is 5.56 Å². The highest BCUT2D eigenvalue weighted by atomic mass is 19.4. The molecule has 2 rings (SSSR count). The lowest BCUT2D eigenvalue weighted by Crippen LogP contribution is -2.26. The Labute approximate surface area is 138 Å². The Bertz CT molecular complexity index is 719. The van der Waals surface area contributed by atoms with Crippen LogP contribution in [0.15, 0.2) is 54.6 Å². The van der Waals surface area contributed by atoms with E-state index in [-0.39, 0.29) is 17.1 Å². The molecule has 2 unspecified atom stereocenters. The molecule has 0 aliphatic heterocycles. The predicted octanol–water partition coefficient (Wildman–Crippen LogP) is 5.04. The minimum atomic E-state index is -4.44. The number of alkyl halides is 3. The SMILES string of the molecule is CC(C(=O)c1ccccc1)C(C)C(=O)c1ccc(C(F)(F)F)cc1. The first-order valence-corrected chi connectivity index (χ1v) is 7.52. The fourth-order valence-corrected chi connectivity index (χ4v) is 2.41. The molecule has 24 heavy (non-hydrogen) atoms. The van der Waals surface area contributed by atoms with Crippen LogP contribution in [0.2, 0.25) is 0 Å². The van der Waals surface area contributed by atoms with Crippen LogP contribution < -0.4 is 0 Å². The van der Waals surface area contributed by atoms with E-state index in [0.717, 1.165) is 24.3 Å². The summed E-state index contributed by atoms with van der Waals surface area (Å²) >= 11 is 0. The van der Waals surface area contributed by atoms with Crippen molar-refractivity contribution in [2.45, 2.75) is 20.0 Å². The number of carbonyl (C=O) groups is 2. The molecule has 0 bridgehead atoms. The average Bonchev–Trinajstić information content (AvgIpc) is 2.59. The normalized spacial score (nSPS) is 14.0. The second-order valence-corrected chi connectivity index (χ2v) is 5.75. The first-order valence-electron chi connectivity index (χ1n) is 7.52. The molecule has 2 aromatic rings. The number of hydrogen-bond acceptors (Lipinski definition) is 2. The third-order valence-corrected chi connectivity index (χ3v) is 4.13. The average molecular weight is 334 g/mol. The summed E-state index contributed by atoms with van der Waals surface area (Å²) in [5, 5.41) is 0. The zero-order chi connectivity index (χ0) is 17.9. The number of hydrogen-bond donors (Lipinski definition) is 0. The number of ketones is 2. The van der Waals surface area contributed by atoms with Gasteiger partial charge < -0.3 is 0 Å². The summed E-state index contributed by atoms with van der Waals surface area (Å²) < 4.78 is 37.7. The number of rotatable bonds is 5. The Morgan fingerprint density at radius 2 is 1.17 bits per heavy atom. The third-order valence-electron chi connectivity index (χ3n) is 4.13. The molecule has 2 aromatic carbocycles. The molecule has 0 N–H and O–H groups in total. The molecule has 0 aromatic heterocycles. The second-order valence-electron chi connectivity index (χ2n) is 5.75. The van der Waals surface area contributed by atoms with Crippen LogP contribution in [0.25, 0.3) is 0 Å². The van der Waals surface area contributed by atoms with Crippen molar-refractivity contribution in [2.24, 2.45) is 11.8 Å². The fraction of sp³-hybridized carbons (Fsp3) is 0.263. The van der Waals surface area contributed by atoms with Crippen molar-refractivity contribution in [3.05, 3.63) is 71.3 Å². The summed E-state index contributed by atoms with van der Waals surface area (Å²) in [7, 11) is 0. The van der Waals surface area contributed by atoms with Gasteiger partial charge in [0.15, 0.2) is 11.6 Å². The Kier molecular flexibility index (Phi) is 5.22. The summed E-state index contributed by atoms with van der Waals surface area (Å²) in [4.78, 5) is 24.9. The van der Waals surface area contributed by atoms with Crippen LogP contribution in [0.5, 0.6) is 0 Å². The van der Waals surface area contributed by atoms with E-state index in [1.54, 1.807) is 44.2 Å². The molecular formula is C19H17F3O2. The lowest BCUT2D eigenvalue weighted by molar-refractivity contribution is -0.137. The molecule has 0 radical (unpaired) electrons. The van der Waals surface area contributed by atoms with Gasteiger partial charge in [-0.3, -0.25) is 9.59 Å². The molecule has 0 fully saturated rings. The Balaban J connectivity index is 2.15. The largest absolute Gasteiger partial charge is 0.416 e. The van der Waals surface area contributed by atoms with Gasteiger partial charge >= 0.3 is 6.18 Å². The lowest BCUT2D eigenvalue weighted by atomic mass is 9.83. The van der Waals surface area contributed by atoms with Crippen molar-refractivity contribution in [2.75, 3.05) is 0 Å². The maximum atomic E-state index is 12.6. The van der Waals surface area contributed by atoms with E-state index in [1.165, 1.54) is 0 Å². The Morgan fingerprint density at radius 3 is 1.58 bits per heavy atom. The second kappa shape index (κ2) is 6.99. The van der Waals surface area contributed by atoms with Gasteiger partial charge in [0.2, 0.25) is 0 Å². The molecule has 0 aliphatic carbocycles. The number of Topliss-reactive ketones (excluding diaryl/α,β-unsaturated/α-hetero) is 2. The fourth-order valence-electron chi connectivity index (χ4n) is 2.41. The Hall–Kier alpha value is -2.43. The van der Waals surface area contributed by atoms with Crippen LogP contribution in [0, 0.1) is 11.8 Å². The van der Waals surface area contributed by atoms with Crippen molar-refractivity contribution in [3.8, 4) is 0 Å². The zero-order valence-electron chi connectivity index (χ0n) is 13.3. The molecule has 126 valence electrons. The molecule has 0 saturated carbocycles. The summed E-state index contributed by atoms with van der Waals surface area (Å²) in [5.74, 6) is -1.71. The molecular weight excluding hydrogens is 317 g/mol. The lowest BCUT2D eigenvalue weighted by Gasteiger charge is -2.18. The first kappa shape index (κ1) is 17.9. The third kappa shape index (κ3) is 3.91. The van der Waals surface area contributed by atoms with Gasteiger partial charge in [0.05, 0.1) is 5.56 Å². The van der Waals surface area contributed by atoms with Crippen molar-refractivity contribution in [1.29, 1.82) is 0 Å². The standard InChI is InChI=1S/C19H17F3O2/c1-12(17(23)14-6-4-3-5-7-14)13(2)18(24)15-8-10-16(11-9-15)19(20,21)22/h3-13H,1-2H3. The summed E-state index contributed by atoms with van der Waals surface area (Å²) in [6.07, 6.45) is -4.44. The van der Waals surface area contributed by atoms with Gasteiger partial charge in [0, 0.05) is 23.0 Å². The minimum Gasteiger partial charge on any atom is -0.294 e. The van der Waals surface area contributed by atoms with Crippen LogP contribution >= 0.6 is 0 Å². The van der Waals surface area contributed by atoms with E-state index in [1.807, 2.05) is 0 Å². The van der Waals surface area contributed by atoms with Crippen LogP contribution in [0.4, 0.5) is 13.2 Å². The van der Waals surface area contributed by atoms with Gasteiger partial charge in [0.1, 0.15) is 0 Å². The minimum absolute atomic E-state index is 0.164. The van der Waals surface area contributed by atoms with Crippen LogP contribution in [-0.2, 0) is 6.18 Å². The molecule has 0 spiro atoms. The molecule has 0 amide bonds. The molecule has 0 aliphatic rings. The van der Waals surface area contributed by atoms with E-state index in [2.05, 4.69) is 0 Å². The topological polar surface area (TPSA) is 34.1 Å². The van der Waals surface area contributed by atoms with E-state index >= 15 is 0 Å². The van der Waals surface area contributed by atoms with Crippen molar-refractivity contribution >= 4 is 11.6 Å². The highest BCUT2D eigenvalue weighted by Crippen LogP contribution is 2.30. The summed E-state index contributed by atoms with van der Waals surface area (Å²) in [6, 6.07) is 12.7. The van der Waals surface area contributed by atoms with Crippen molar-refractivity contribution in [3.63, 3.8) is 0 Å². The molecule has 0 saturated heterocycles. The maximum Gasteiger partial charge on any atom is 0.416 e. The molecule has 2 nitrogen and oxygen atoms in total. The smallest absolute Gasteiger partial charge is 0.294 e. The van der Waals surface area contributed by atoms with Gasteiger partial charge in [-0.25, -0.2) is 0 Å². The first-order chi connectivity index (χ1) is 11.2. The van der Waals surface area contributed by atoms with E-state index in [9.17, 15) is 22.8 Å². The number of halogens is 3. The van der Waals surface area contributed by atoms with Crippen LogP contribution in [0.3, 0.4) is 0 Å². The maximum absolute atomic E-state index is 12.6. The Morgan fingerprint density at radius 1 is 0.750 bits per heavy atom. The molecule has 0 heterocycles. The van der Waals surface area contributed by atoms with Crippen molar-refractivity contribution < 1.29 is 22.8 Å². The quantitative estimate of drug-likeness (QED) is 0.718. The van der Waals surface area contributed by atoms with Gasteiger partial charge in [-0.15, -0.1) is 0 Å². The van der Waals surface area contributed by atoms with Gasteiger partial charge in [0.25, 0.3) is 0 Å². The summed E-state index contributed by atoms with van der Waals surface area (Å²) in [6.45, 7) is 3.27. The highest BCUT2D eigenvalue weighted by molar-refractivity contribution is 6.04. The number of carbonyl (C=O) groups excluding carboxylic acids is 2. The van der Waals surface area contributed by atoms with E-state index in [4.69, 9.17) is 0 Å². The predicted molar refractivity (Wildman–Crippen MR) is 84.9 cm³/mol. The van der Waals surface area contributed by atoms with Gasteiger partial charge in [-0.1, -0.05) is 56.3 Å². The molecule has 5 heteroatoms. The van der Waals surface area contributed by atoms with Crippen LogP contribution in [0.1, 0.15) is 40.1 Å². The van der Waals surface area contributed by atoms with E-state index < -0.39 is 23.6 Å². The van der Waals surface area contributed by atoms with Gasteiger partial charge in [-0.2, -0.15) is 13.2 Å². The summed E-state index contributed by atoms with van der Waals surface area (Å²) in [5.41, 5.74) is -0.125. The highest BCUT2D eigenvalue weighted by Gasteiger charge is 2.31. The molecule has 2 atom stereocenters. The zero-order valence-corrected chi connectivity index (χ0v) is 13.3. The van der Waals surface area contributed by atoms with Gasteiger partial charge in [-0.05, 0) is 12.1 Å². The monoisotopic (exact) mass is 334 g/mol. The van der Waals surface area contributed by atoms with Crippen molar-refractivity contribution in [1.82, 2.24) is 0 Å². The number of benzene rings is 2.